The molecule has 0 saturated heterocycles. The highest BCUT2D eigenvalue weighted by atomic mass is 16.3. The van der Waals surface area contributed by atoms with E-state index in [-0.39, 0.29) is 11.3 Å². The number of aryl methyl sites for hydroxylation is 1. The molecule has 2 N–H and O–H groups in total. The maximum Gasteiger partial charge on any atom is 0.273 e. The zero-order valence-corrected chi connectivity index (χ0v) is 12.0. The van der Waals surface area contributed by atoms with Gasteiger partial charge in [0.15, 0.2) is 0 Å². The molecular weight excluding hydrogens is 240 g/mol. The van der Waals surface area contributed by atoms with Gasteiger partial charge in [0.05, 0.1) is 11.8 Å². The third-order valence-corrected chi connectivity index (χ3v) is 3.45. The van der Waals surface area contributed by atoms with E-state index in [0.717, 1.165) is 12.1 Å². The van der Waals surface area contributed by atoms with Gasteiger partial charge < -0.3 is 9.84 Å². The van der Waals surface area contributed by atoms with Crippen LogP contribution in [-0.2, 0) is 0 Å². The minimum absolute atomic E-state index is 0.164. The molecule has 1 heterocycles. The number of carbonyl (C=O) groups excluding carboxylic acids is 1. The summed E-state index contributed by atoms with van der Waals surface area (Å²) in [6.45, 7) is 8.44. The Morgan fingerprint density at radius 1 is 1.47 bits per heavy atom. The lowest BCUT2D eigenvalue weighted by molar-refractivity contribution is 0.0935. The van der Waals surface area contributed by atoms with Gasteiger partial charge in [-0.15, -0.1) is 0 Å². The molecule has 0 fully saturated rings. The molecule has 0 saturated carbocycles. The molecule has 0 bridgehead atoms. The first-order valence-electron chi connectivity index (χ1n) is 6.69. The first kappa shape index (κ1) is 13.7. The van der Waals surface area contributed by atoms with E-state index >= 15 is 0 Å². The fourth-order valence-electron chi connectivity index (χ4n) is 2.85. The van der Waals surface area contributed by atoms with Gasteiger partial charge in [0.1, 0.15) is 5.76 Å². The van der Waals surface area contributed by atoms with E-state index in [4.69, 9.17) is 4.42 Å². The zero-order chi connectivity index (χ0) is 14.0. The molecule has 1 aromatic heterocycles. The lowest BCUT2D eigenvalue weighted by Crippen LogP contribution is -2.39. The second kappa shape index (κ2) is 5.11. The number of hydrogen-bond donors (Lipinski definition) is 2. The Labute approximate surface area is 114 Å². The molecule has 1 atom stereocenters. The number of amides is 1. The number of rotatable bonds is 3. The number of hydrogen-bond acceptors (Lipinski definition) is 3. The predicted molar refractivity (Wildman–Crippen MR) is 74.3 cm³/mol. The first-order chi connectivity index (χ1) is 8.87. The van der Waals surface area contributed by atoms with Gasteiger partial charge in [0, 0.05) is 5.70 Å². The third-order valence-electron chi connectivity index (χ3n) is 3.45. The summed E-state index contributed by atoms with van der Waals surface area (Å²) in [7, 11) is 0. The molecule has 1 amide bonds. The van der Waals surface area contributed by atoms with Crippen LogP contribution in [0.5, 0.6) is 0 Å². The quantitative estimate of drug-likeness (QED) is 0.823. The average molecular weight is 262 g/mol. The average Bonchev–Trinajstić information content (AvgIpc) is 2.69. The van der Waals surface area contributed by atoms with Crippen molar-refractivity contribution in [1.82, 2.24) is 10.9 Å². The normalized spacial score (nSPS) is 21.7. The van der Waals surface area contributed by atoms with Crippen molar-refractivity contribution in [3.63, 3.8) is 0 Å². The lowest BCUT2D eigenvalue weighted by Gasteiger charge is -2.32. The summed E-state index contributed by atoms with van der Waals surface area (Å²) in [5.41, 5.74) is 7.60. The topological polar surface area (TPSA) is 54.3 Å². The number of nitrogens with one attached hydrogen (secondary N) is 2. The molecule has 1 aliphatic carbocycles. The van der Waals surface area contributed by atoms with Crippen LogP contribution < -0.4 is 10.9 Å². The zero-order valence-electron chi connectivity index (χ0n) is 12.0. The van der Waals surface area contributed by atoms with Crippen molar-refractivity contribution >= 4 is 5.91 Å². The van der Waals surface area contributed by atoms with Gasteiger partial charge >= 0.3 is 0 Å². The Morgan fingerprint density at radius 2 is 2.21 bits per heavy atom. The Kier molecular flexibility index (Phi) is 3.69. The number of hydrazine groups is 1. The van der Waals surface area contributed by atoms with Crippen LogP contribution in [0.15, 0.2) is 28.5 Å². The highest BCUT2D eigenvalue weighted by Gasteiger charge is 2.25. The molecule has 4 nitrogen and oxygen atoms in total. The molecule has 0 radical (unpaired) electrons. The smallest absolute Gasteiger partial charge is 0.273 e. The highest BCUT2D eigenvalue weighted by Crippen LogP contribution is 2.35. The lowest BCUT2D eigenvalue weighted by atomic mass is 9.76. The van der Waals surface area contributed by atoms with Crippen molar-refractivity contribution in [2.45, 2.75) is 40.5 Å². The van der Waals surface area contributed by atoms with Gasteiger partial charge in [-0.2, -0.15) is 0 Å². The van der Waals surface area contributed by atoms with Gasteiger partial charge in [-0.25, -0.2) is 0 Å². The minimum atomic E-state index is -0.164. The molecular formula is C15H22N2O2. The summed E-state index contributed by atoms with van der Waals surface area (Å²) >= 11 is 0. The first-order valence-corrected chi connectivity index (χ1v) is 6.69. The summed E-state index contributed by atoms with van der Waals surface area (Å²) < 4.78 is 5.12. The monoisotopic (exact) mass is 262 g/mol. The van der Waals surface area contributed by atoms with Crippen molar-refractivity contribution in [3.05, 3.63) is 35.4 Å². The standard InChI is InChI=1S/C15H22N2O2/c1-10-7-12(9-15(3,4)8-10)16-17-14(18)13-5-6-19-11(13)2/h5-6,9-10,16H,7-8H2,1-4H3,(H,17,18)/t10-/m0/s1. The van der Waals surface area contributed by atoms with E-state index in [9.17, 15) is 4.79 Å². The van der Waals surface area contributed by atoms with Gasteiger partial charge in [0.2, 0.25) is 0 Å². The fraction of sp³-hybridized carbons (Fsp3) is 0.533. The molecule has 19 heavy (non-hydrogen) atoms. The fourth-order valence-corrected chi connectivity index (χ4v) is 2.85. The van der Waals surface area contributed by atoms with Crippen molar-refractivity contribution in [2.24, 2.45) is 11.3 Å². The van der Waals surface area contributed by atoms with Gasteiger partial charge in [0.25, 0.3) is 5.91 Å². The SMILES string of the molecule is Cc1occc1C(=O)NNC1=CC(C)(C)C[C@@H](C)C1. The summed E-state index contributed by atoms with van der Waals surface area (Å²) in [5.74, 6) is 1.09. The van der Waals surface area contributed by atoms with Gasteiger partial charge in [-0.1, -0.05) is 26.8 Å². The third kappa shape index (κ3) is 3.40. The van der Waals surface area contributed by atoms with Crippen molar-refractivity contribution in [1.29, 1.82) is 0 Å². The van der Waals surface area contributed by atoms with Crippen molar-refractivity contribution in [2.75, 3.05) is 0 Å². The summed E-state index contributed by atoms with van der Waals surface area (Å²) in [4.78, 5) is 12.0. The summed E-state index contributed by atoms with van der Waals surface area (Å²) in [6, 6.07) is 1.67. The number of furan rings is 1. The van der Waals surface area contributed by atoms with Crippen LogP contribution in [0.3, 0.4) is 0 Å². The van der Waals surface area contributed by atoms with E-state index < -0.39 is 0 Å². The van der Waals surface area contributed by atoms with Crippen LogP contribution in [0.25, 0.3) is 0 Å². The molecule has 2 rings (SSSR count). The Morgan fingerprint density at radius 3 is 2.79 bits per heavy atom. The summed E-state index contributed by atoms with van der Waals surface area (Å²) in [6.07, 6.45) is 5.87. The van der Waals surface area contributed by atoms with Crippen molar-refractivity contribution < 1.29 is 9.21 Å². The number of allylic oxidation sites excluding steroid dienone is 2. The van der Waals surface area contributed by atoms with E-state index in [0.29, 0.717) is 17.2 Å². The maximum absolute atomic E-state index is 12.0. The van der Waals surface area contributed by atoms with E-state index in [1.165, 1.54) is 12.7 Å². The largest absolute Gasteiger partial charge is 0.469 e. The maximum atomic E-state index is 12.0. The minimum Gasteiger partial charge on any atom is -0.469 e. The van der Waals surface area contributed by atoms with Crippen LogP contribution >= 0.6 is 0 Å². The molecule has 1 aromatic rings. The van der Waals surface area contributed by atoms with Gasteiger partial charge in [-0.3, -0.25) is 10.2 Å². The molecule has 0 aliphatic heterocycles. The molecule has 4 heteroatoms. The van der Waals surface area contributed by atoms with Crippen LogP contribution in [-0.4, -0.2) is 5.91 Å². The second-order valence-electron chi connectivity index (χ2n) is 6.14. The Hall–Kier alpha value is -1.71. The molecule has 0 unspecified atom stereocenters. The van der Waals surface area contributed by atoms with Crippen LogP contribution in [0.1, 0.15) is 49.7 Å². The van der Waals surface area contributed by atoms with E-state index in [1.807, 2.05) is 0 Å². The summed E-state index contributed by atoms with van der Waals surface area (Å²) in [5, 5.41) is 0. The number of carbonyl (C=O) groups is 1. The van der Waals surface area contributed by atoms with Crippen LogP contribution in [0.2, 0.25) is 0 Å². The van der Waals surface area contributed by atoms with E-state index in [1.54, 1.807) is 13.0 Å². The predicted octanol–water partition coefficient (Wildman–Crippen LogP) is 3.16. The molecule has 0 aromatic carbocycles. The Balaban J connectivity index is 1.98. The molecule has 1 aliphatic rings. The van der Waals surface area contributed by atoms with Crippen LogP contribution in [0.4, 0.5) is 0 Å². The van der Waals surface area contributed by atoms with Gasteiger partial charge in [-0.05, 0) is 37.2 Å². The van der Waals surface area contributed by atoms with E-state index in [2.05, 4.69) is 37.7 Å². The molecule has 104 valence electrons. The van der Waals surface area contributed by atoms with Crippen LogP contribution in [0, 0.1) is 18.3 Å². The second-order valence-corrected chi connectivity index (χ2v) is 6.14. The highest BCUT2D eigenvalue weighted by molar-refractivity contribution is 5.94. The Bertz CT molecular complexity index is 500. The van der Waals surface area contributed by atoms with Crippen molar-refractivity contribution in [3.8, 4) is 0 Å². The molecule has 0 spiro atoms.